The maximum absolute atomic E-state index is 13.9. The number of halogens is 1. The number of aryl methyl sites for hydroxylation is 1. The van der Waals surface area contributed by atoms with Crippen molar-refractivity contribution in [2.75, 3.05) is 20.6 Å². The summed E-state index contributed by atoms with van der Waals surface area (Å²) in [6.07, 6.45) is 0.695. The van der Waals surface area contributed by atoms with Crippen LogP contribution in [0.1, 0.15) is 11.1 Å². The van der Waals surface area contributed by atoms with Crippen LogP contribution in [0, 0.1) is 12.7 Å². The zero-order valence-electron chi connectivity index (χ0n) is 14.4. The van der Waals surface area contributed by atoms with Gasteiger partial charge in [-0.3, -0.25) is 0 Å². The van der Waals surface area contributed by atoms with Gasteiger partial charge < -0.3 is 4.90 Å². The molecule has 0 spiro atoms. The predicted molar refractivity (Wildman–Crippen MR) is 96.9 cm³/mol. The van der Waals surface area contributed by atoms with Crippen LogP contribution in [0.2, 0.25) is 0 Å². The van der Waals surface area contributed by atoms with Gasteiger partial charge in [0.2, 0.25) is 0 Å². The molecule has 0 amide bonds. The third-order valence-electron chi connectivity index (χ3n) is 4.71. The summed E-state index contributed by atoms with van der Waals surface area (Å²) >= 11 is 0. The third-order valence-corrected chi connectivity index (χ3v) is 6.48. The van der Waals surface area contributed by atoms with Crippen LogP contribution in [-0.4, -0.2) is 37.9 Å². The lowest BCUT2D eigenvalue weighted by Gasteiger charge is -2.10. The molecule has 130 valence electrons. The van der Waals surface area contributed by atoms with Crippen molar-refractivity contribution in [1.82, 2.24) is 8.87 Å². The van der Waals surface area contributed by atoms with E-state index in [4.69, 9.17) is 0 Å². The number of likely N-dealkylation sites (N-methyl/N-ethyl adjacent to an activating group) is 1. The SMILES string of the molecule is Cc1ccc2c(c1)c(CCN(C)C)c1n2S(=O)(=O)c2ccc(F)cc2-1. The largest absolute Gasteiger partial charge is 0.309 e. The summed E-state index contributed by atoms with van der Waals surface area (Å²) in [7, 11) is 0.258. The summed E-state index contributed by atoms with van der Waals surface area (Å²) in [6.45, 7) is 2.77. The Morgan fingerprint density at radius 1 is 1.12 bits per heavy atom. The molecule has 25 heavy (non-hydrogen) atoms. The van der Waals surface area contributed by atoms with Crippen molar-refractivity contribution in [3.63, 3.8) is 0 Å². The lowest BCUT2D eigenvalue weighted by Crippen LogP contribution is -2.15. The molecule has 0 radical (unpaired) electrons. The number of aromatic nitrogens is 1. The molecule has 0 N–H and O–H groups in total. The first-order valence-electron chi connectivity index (χ1n) is 8.15. The minimum Gasteiger partial charge on any atom is -0.309 e. The van der Waals surface area contributed by atoms with Crippen molar-refractivity contribution < 1.29 is 12.8 Å². The first kappa shape index (κ1) is 16.3. The highest BCUT2D eigenvalue weighted by molar-refractivity contribution is 7.90. The van der Waals surface area contributed by atoms with E-state index in [1.165, 1.54) is 22.2 Å². The van der Waals surface area contributed by atoms with E-state index >= 15 is 0 Å². The Balaban J connectivity index is 2.12. The zero-order valence-corrected chi connectivity index (χ0v) is 15.2. The average molecular weight is 358 g/mol. The van der Waals surface area contributed by atoms with E-state index in [2.05, 4.69) is 4.90 Å². The fraction of sp³-hybridized carbons (Fsp3) is 0.263. The Kier molecular flexibility index (Phi) is 3.53. The minimum absolute atomic E-state index is 0.178. The van der Waals surface area contributed by atoms with Gasteiger partial charge in [-0.1, -0.05) is 11.6 Å². The normalized spacial score (nSPS) is 14.9. The van der Waals surface area contributed by atoms with Crippen LogP contribution < -0.4 is 0 Å². The highest BCUT2D eigenvalue weighted by Crippen LogP contribution is 2.45. The number of nitrogens with zero attached hydrogens (tertiary/aromatic N) is 2. The van der Waals surface area contributed by atoms with Gasteiger partial charge in [-0.2, -0.15) is 0 Å². The van der Waals surface area contributed by atoms with Crippen LogP contribution in [-0.2, 0) is 16.4 Å². The topological polar surface area (TPSA) is 42.3 Å². The molecule has 6 heteroatoms. The highest BCUT2D eigenvalue weighted by Gasteiger charge is 2.37. The van der Waals surface area contributed by atoms with Crippen molar-refractivity contribution >= 4 is 20.9 Å². The smallest absolute Gasteiger partial charge is 0.269 e. The van der Waals surface area contributed by atoms with Gasteiger partial charge in [-0.05, 0) is 63.3 Å². The van der Waals surface area contributed by atoms with Crippen LogP contribution in [0.3, 0.4) is 0 Å². The Hall–Kier alpha value is -2.18. The van der Waals surface area contributed by atoms with Gasteiger partial charge in [0, 0.05) is 17.5 Å². The van der Waals surface area contributed by atoms with Crippen molar-refractivity contribution in [1.29, 1.82) is 0 Å². The second-order valence-electron chi connectivity index (χ2n) is 6.81. The molecule has 0 fully saturated rings. The molecule has 3 aromatic rings. The molecule has 4 nitrogen and oxygen atoms in total. The fourth-order valence-corrected chi connectivity index (χ4v) is 5.30. The quantitative estimate of drug-likeness (QED) is 0.564. The van der Waals surface area contributed by atoms with Gasteiger partial charge in [-0.15, -0.1) is 0 Å². The number of fused-ring (bicyclic) bond motifs is 5. The first-order valence-corrected chi connectivity index (χ1v) is 9.59. The van der Waals surface area contributed by atoms with E-state index in [-0.39, 0.29) is 4.90 Å². The van der Waals surface area contributed by atoms with Gasteiger partial charge in [0.05, 0.1) is 16.1 Å². The molecule has 0 bridgehead atoms. The first-order chi connectivity index (χ1) is 11.8. The predicted octanol–water partition coefficient (Wildman–Crippen LogP) is 3.41. The molecule has 1 aliphatic heterocycles. The monoisotopic (exact) mass is 358 g/mol. The van der Waals surface area contributed by atoms with Crippen LogP contribution >= 0.6 is 0 Å². The third kappa shape index (κ3) is 2.32. The molecular formula is C19H19FN2O2S. The number of rotatable bonds is 3. The molecule has 1 aliphatic rings. The second kappa shape index (κ2) is 5.41. The molecule has 0 saturated heterocycles. The lowest BCUT2D eigenvalue weighted by molar-refractivity contribution is 0.414. The van der Waals surface area contributed by atoms with E-state index in [0.717, 1.165) is 23.1 Å². The average Bonchev–Trinajstić information content (AvgIpc) is 2.96. The molecular weight excluding hydrogens is 339 g/mol. The van der Waals surface area contributed by atoms with Gasteiger partial charge >= 0.3 is 0 Å². The summed E-state index contributed by atoms with van der Waals surface area (Å²) in [5, 5.41) is 0.926. The van der Waals surface area contributed by atoms with Crippen molar-refractivity contribution in [2.24, 2.45) is 0 Å². The van der Waals surface area contributed by atoms with Crippen LogP contribution in [0.5, 0.6) is 0 Å². The summed E-state index contributed by atoms with van der Waals surface area (Å²) in [6, 6.07) is 9.66. The van der Waals surface area contributed by atoms with E-state index in [9.17, 15) is 12.8 Å². The minimum atomic E-state index is -3.70. The zero-order chi connectivity index (χ0) is 17.9. The van der Waals surface area contributed by atoms with Crippen molar-refractivity contribution in [2.45, 2.75) is 18.2 Å². The molecule has 4 rings (SSSR count). The standard InChI is InChI=1S/C19H19FN2O2S/c1-12-4-6-17-15(10-12)14(8-9-21(2)3)19-16-11-13(20)5-7-18(16)25(23,24)22(17)19/h4-7,10-11H,8-9H2,1-3H3. The Morgan fingerprint density at radius 3 is 2.60 bits per heavy atom. The Morgan fingerprint density at radius 2 is 1.88 bits per heavy atom. The number of hydrogen-bond acceptors (Lipinski definition) is 3. The number of benzene rings is 2. The van der Waals surface area contributed by atoms with Gasteiger partial charge in [0.25, 0.3) is 10.0 Å². The van der Waals surface area contributed by atoms with E-state index in [1.54, 1.807) is 0 Å². The molecule has 0 aliphatic carbocycles. The summed E-state index contributed by atoms with van der Waals surface area (Å²) < 4.78 is 41.4. The maximum Gasteiger partial charge on any atom is 0.269 e. The molecule has 0 saturated carbocycles. The molecule has 0 atom stereocenters. The highest BCUT2D eigenvalue weighted by atomic mass is 32.2. The lowest BCUT2D eigenvalue weighted by atomic mass is 10.0. The molecule has 0 unspecified atom stereocenters. The molecule has 2 aromatic carbocycles. The molecule has 1 aromatic heterocycles. The fourth-order valence-electron chi connectivity index (χ4n) is 3.56. The summed E-state index contributed by atoms with van der Waals surface area (Å²) in [5.74, 6) is -0.428. The van der Waals surface area contributed by atoms with Gasteiger partial charge in [0.15, 0.2) is 0 Å². The summed E-state index contributed by atoms with van der Waals surface area (Å²) in [5.41, 5.74) is 3.76. The van der Waals surface area contributed by atoms with Crippen molar-refractivity contribution in [3.8, 4) is 11.3 Å². The van der Waals surface area contributed by atoms with Crippen molar-refractivity contribution in [3.05, 3.63) is 53.3 Å². The van der Waals surface area contributed by atoms with Crippen LogP contribution in [0.4, 0.5) is 4.39 Å². The van der Waals surface area contributed by atoms with E-state index in [0.29, 0.717) is 23.2 Å². The van der Waals surface area contributed by atoms with Crippen LogP contribution in [0.15, 0.2) is 41.3 Å². The van der Waals surface area contributed by atoms with Crippen LogP contribution in [0.25, 0.3) is 22.2 Å². The molecule has 2 heterocycles. The number of hydrogen-bond donors (Lipinski definition) is 0. The van der Waals surface area contributed by atoms with Gasteiger partial charge in [0.1, 0.15) is 5.82 Å². The van der Waals surface area contributed by atoms with Gasteiger partial charge in [-0.25, -0.2) is 16.8 Å². The van der Waals surface area contributed by atoms with E-state index < -0.39 is 15.8 Å². The Labute approximate surface area is 146 Å². The summed E-state index contributed by atoms with van der Waals surface area (Å²) in [4.78, 5) is 2.24. The van der Waals surface area contributed by atoms with E-state index in [1.807, 2.05) is 39.2 Å². The Bertz CT molecular complexity index is 1110. The second-order valence-corrected chi connectivity index (χ2v) is 8.57. The maximum atomic E-state index is 13.9.